The number of sulfone groups is 1. The molecule has 2 aliphatic carbocycles. The maximum atomic E-state index is 14.7. The lowest BCUT2D eigenvalue weighted by molar-refractivity contribution is -0.143. The predicted molar refractivity (Wildman–Crippen MR) is 197 cm³/mol. The minimum absolute atomic E-state index is 0.120. The SMILES string of the molecule is C=CCNC(=O)C(=O)C(CC1CC1)NC(=O)[C@@H]1CC2(CN1C(=O)[C@@H](NC(=O)NC1(C3CCCS3(=O)=O)CCCCC1)C(C)(C)C)SCCCS2. The third kappa shape index (κ3) is 9.02. The third-order valence-electron chi connectivity index (χ3n) is 10.9. The molecule has 0 aromatic rings. The highest BCUT2D eigenvalue weighted by molar-refractivity contribution is 8.18. The highest BCUT2D eigenvalue weighted by Crippen LogP contribution is 2.51. The summed E-state index contributed by atoms with van der Waals surface area (Å²) in [5, 5.41) is 10.8. The van der Waals surface area contributed by atoms with Gasteiger partial charge in [-0.05, 0) is 61.4 Å². The number of carbonyl (C=O) groups excluding carboxylic acids is 5. The van der Waals surface area contributed by atoms with Crippen LogP contribution in [0.5, 0.6) is 0 Å². The number of rotatable bonds is 12. The van der Waals surface area contributed by atoms with Crippen LogP contribution >= 0.6 is 23.5 Å². The van der Waals surface area contributed by atoms with E-state index in [-0.39, 0.29) is 18.2 Å². The molecule has 280 valence electrons. The van der Waals surface area contributed by atoms with Crippen molar-refractivity contribution in [1.29, 1.82) is 0 Å². The first-order valence-electron chi connectivity index (χ1n) is 18.2. The molecule has 1 spiro atoms. The van der Waals surface area contributed by atoms with Crippen LogP contribution in [0, 0.1) is 11.3 Å². The van der Waals surface area contributed by atoms with Gasteiger partial charge in [-0.25, -0.2) is 13.2 Å². The van der Waals surface area contributed by atoms with E-state index in [1.54, 1.807) is 28.4 Å². The first kappa shape index (κ1) is 39.0. The number of urea groups is 1. The molecule has 0 aromatic heterocycles. The number of hydrogen-bond acceptors (Lipinski definition) is 9. The van der Waals surface area contributed by atoms with Crippen LogP contribution in [0.3, 0.4) is 0 Å². The highest BCUT2D eigenvalue weighted by Gasteiger charge is 2.54. The number of thioether (sulfide) groups is 2. The van der Waals surface area contributed by atoms with Gasteiger partial charge in [0, 0.05) is 19.5 Å². The quantitative estimate of drug-likeness (QED) is 0.173. The Kier molecular flexibility index (Phi) is 12.3. The Morgan fingerprint density at radius 2 is 1.64 bits per heavy atom. The fraction of sp³-hybridized carbons (Fsp3) is 0.800. The molecule has 4 N–H and O–H groups in total. The minimum Gasteiger partial charge on any atom is -0.346 e. The molecule has 15 heteroatoms. The first-order chi connectivity index (χ1) is 23.6. The molecule has 2 saturated carbocycles. The molecule has 5 amide bonds. The molecule has 4 atom stereocenters. The molecule has 5 fully saturated rings. The second-order valence-electron chi connectivity index (χ2n) is 15.9. The van der Waals surface area contributed by atoms with Crippen molar-refractivity contribution in [2.75, 3.05) is 30.3 Å². The molecule has 50 heavy (non-hydrogen) atoms. The maximum absolute atomic E-state index is 14.7. The van der Waals surface area contributed by atoms with Gasteiger partial charge in [0.05, 0.1) is 26.7 Å². The van der Waals surface area contributed by atoms with E-state index in [1.165, 1.54) is 6.08 Å². The van der Waals surface area contributed by atoms with Crippen molar-refractivity contribution in [2.45, 2.75) is 131 Å². The second kappa shape index (κ2) is 15.8. The summed E-state index contributed by atoms with van der Waals surface area (Å²) in [6, 6.07) is -3.53. The molecule has 3 heterocycles. The fourth-order valence-corrected chi connectivity index (χ4v) is 13.8. The zero-order valence-electron chi connectivity index (χ0n) is 29.7. The van der Waals surface area contributed by atoms with Gasteiger partial charge in [-0.3, -0.25) is 19.2 Å². The summed E-state index contributed by atoms with van der Waals surface area (Å²) in [6.45, 7) is 9.55. The molecular formula is C35H55N5O7S3. The lowest BCUT2D eigenvalue weighted by Crippen LogP contribution is -2.65. The van der Waals surface area contributed by atoms with Gasteiger partial charge >= 0.3 is 6.03 Å². The van der Waals surface area contributed by atoms with Gasteiger partial charge in [-0.1, -0.05) is 59.0 Å². The molecular weight excluding hydrogens is 699 g/mol. The van der Waals surface area contributed by atoms with Crippen LogP contribution in [-0.2, 0) is 29.0 Å². The van der Waals surface area contributed by atoms with Crippen LogP contribution in [0.25, 0.3) is 0 Å². The summed E-state index contributed by atoms with van der Waals surface area (Å²) in [5.74, 6) is -0.239. The summed E-state index contributed by atoms with van der Waals surface area (Å²) in [6.07, 6.45) is 9.89. The molecule has 3 saturated heterocycles. The number of hydrogen-bond donors (Lipinski definition) is 4. The van der Waals surface area contributed by atoms with Gasteiger partial charge in [-0.15, -0.1) is 30.1 Å². The summed E-state index contributed by atoms with van der Waals surface area (Å²) < 4.78 is 25.8. The van der Waals surface area contributed by atoms with Gasteiger partial charge in [0.15, 0.2) is 9.84 Å². The van der Waals surface area contributed by atoms with Crippen LogP contribution in [0.4, 0.5) is 4.79 Å². The van der Waals surface area contributed by atoms with Gasteiger partial charge in [0.2, 0.25) is 17.6 Å². The van der Waals surface area contributed by atoms with Crippen molar-refractivity contribution >= 4 is 62.9 Å². The van der Waals surface area contributed by atoms with Crippen molar-refractivity contribution in [3.63, 3.8) is 0 Å². The van der Waals surface area contributed by atoms with Gasteiger partial charge in [0.25, 0.3) is 5.91 Å². The lowest BCUT2D eigenvalue weighted by Gasteiger charge is -2.43. The molecule has 0 aromatic carbocycles. The largest absolute Gasteiger partial charge is 0.346 e. The highest BCUT2D eigenvalue weighted by atomic mass is 32.2. The number of amides is 5. The average Bonchev–Trinajstić information content (AvgIpc) is 3.70. The predicted octanol–water partition coefficient (Wildman–Crippen LogP) is 3.30. The van der Waals surface area contributed by atoms with Gasteiger partial charge in [-0.2, -0.15) is 0 Å². The van der Waals surface area contributed by atoms with E-state index in [1.807, 2.05) is 20.8 Å². The minimum atomic E-state index is -3.36. The summed E-state index contributed by atoms with van der Waals surface area (Å²) in [7, 11) is -3.36. The Morgan fingerprint density at radius 1 is 0.960 bits per heavy atom. The molecule has 2 unspecified atom stereocenters. The van der Waals surface area contributed by atoms with Crippen LogP contribution in [-0.4, -0.2) is 106 Å². The number of likely N-dealkylation sites (tertiary alicyclic amines) is 1. The normalized spacial score (nSPS) is 26.7. The number of nitrogens with zero attached hydrogens (tertiary/aromatic N) is 1. The van der Waals surface area contributed by atoms with Crippen molar-refractivity contribution in [2.24, 2.45) is 11.3 Å². The van der Waals surface area contributed by atoms with Crippen LogP contribution in [0.1, 0.15) is 97.8 Å². The van der Waals surface area contributed by atoms with Crippen molar-refractivity contribution < 1.29 is 32.4 Å². The Labute approximate surface area is 305 Å². The Hall–Kier alpha value is -2.26. The number of carbonyl (C=O) groups is 5. The Bertz CT molecular complexity index is 1430. The van der Waals surface area contributed by atoms with Crippen molar-refractivity contribution in [1.82, 2.24) is 26.2 Å². The van der Waals surface area contributed by atoms with Crippen LogP contribution in [0.2, 0.25) is 0 Å². The Balaban J connectivity index is 1.37. The number of Topliss-reactive ketones (excluding diaryl/α,β-unsaturated/α-hetero) is 1. The fourth-order valence-electron chi connectivity index (χ4n) is 8.06. The van der Waals surface area contributed by atoms with E-state index in [0.717, 1.165) is 50.0 Å². The number of nitrogens with one attached hydrogen (secondary N) is 4. The van der Waals surface area contributed by atoms with Gasteiger partial charge in [0.1, 0.15) is 12.1 Å². The maximum Gasteiger partial charge on any atom is 0.315 e. The Morgan fingerprint density at radius 3 is 2.22 bits per heavy atom. The monoisotopic (exact) mass is 753 g/mol. The lowest BCUT2D eigenvalue weighted by atomic mass is 9.78. The van der Waals surface area contributed by atoms with E-state index in [4.69, 9.17) is 0 Å². The average molecular weight is 754 g/mol. The zero-order valence-corrected chi connectivity index (χ0v) is 32.2. The summed E-state index contributed by atoms with van der Waals surface area (Å²) in [5.41, 5.74) is -1.65. The topological polar surface area (TPSA) is 171 Å². The van der Waals surface area contributed by atoms with Crippen molar-refractivity contribution in [3.8, 4) is 0 Å². The van der Waals surface area contributed by atoms with Gasteiger partial charge < -0.3 is 26.2 Å². The molecule has 3 aliphatic heterocycles. The molecule has 5 rings (SSSR count). The molecule has 5 aliphatic rings. The molecule has 0 radical (unpaired) electrons. The van der Waals surface area contributed by atoms with E-state index in [0.29, 0.717) is 45.1 Å². The smallest absolute Gasteiger partial charge is 0.315 e. The van der Waals surface area contributed by atoms with Crippen molar-refractivity contribution in [3.05, 3.63) is 12.7 Å². The standard InChI is InChI=1S/C35H55N5O7S3/c1-5-16-36-30(43)27(41)24(20-23-12-13-23)37-29(42)25-21-35(48-17-10-18-49-35)22-40(25)31(44)28(33(2,3)4)38-32(45)39-34(14-7-6-8-15-34)26-11-9-19-50(26,46)47/h5,23-26,28H,1,6-22H2,2-4H3,(H,36,43)(H,37,42)(H2,38,39,45)/t24?,25-,26?,28+/m0/s1. The van der Waals surface area contributed by atoms with E-state index in [9.17, 15) is 32.4 Å². The third-order valence-corrected chi connectivity index (χ3v) is 16.6. The molecule has 12 nitrogen and oxygen atoms in total. The first-order valence-corrected chi connectivity index (χ1v) is 21.9. The van der Waals surface area contributed by atoms with Crippen LogP contribution < -0.4 is 21.3 Å². The second-order valence-corrected chi connectivity index (χ2v) is 21.4. The summed E-state index contributed by atoms with van der Waals surface area (Å²) >= 11 is 3.47. The molecule has 0 bridgehead atoms. The summed E-state index contributed by atoms with van der Waals surface area (Å²) in [4.78, 5) is 70.1. The van der Waals surface area contributed by atoms with E-state index in [2.05, 4.69) is 27.8 Å². The van der Waals surface area contributed by atoms with E-state index >= 15 is 0 Å². The van der Waals surface area contributed by atoms with E-state index < -0.39 is 77.8 Å². The number of ketones is 1. The van der Waals surface area contributed by atoms with Crippen LogP contribution in [0.15, 0.2) is 12.7 Å². The zero-order chi connectivity index (χ0) is 36.3.